The first-order valence-corrected chi connectivity index (χ1v) is 12.1. The van der Waals surface area contributed by atoms with Crippen molar-refractivity contribution in [1.29, 1.82) is 0 Å². The summed E-state index contributed by atoms with van der Waals surface area (Å²) < 4.78 is 27.7. The molecule has 0 radical (unpaired) electrons. The highest BCUT2D eigenvalue weighted by Crippen LogP contribution is 2.35. The number of methoxy groups -OCH3 is 5. The molecule has 4 aromatic rings. The van der Waals surface area contributed by atoms with Crippen LogP contribution in [-0.4, -0.2) is 52.2 Å². The lowest BCUT2D eigenvalue weighted by Gasteiger charge is -2.14. The van der Waals surface area contributed by atoms with Crippen molar-refractivity contribution in [2.75, 3.05) is 35.5 Å². The fourth-order valence-corrected chi connectivity index (χ4v) is 4.38. The molecule has 0 aliphatic heterocycles. The van der Waals surface area contributed by atoms with Crippen LogP contribution < -0.4 is 23.7 Å². The Morgan fingerprint density at radius 3 is 1.97 bits per heavy atom. The SMILES string of the molecule is COc1ccc(C(=O)ON=C(c2ccc(OC)c(OC)c2)c2nccc3cc(OC)c(OC)cc23)cc1Br. The molecule has 1 heterocycles. The fraction of sp³-hybridized carbons (Fsp3) is 0.179. The van der Waals surface area contributed by atoms with E-state index in [4.69, 9.17) is 28.5 Å². The van der Waals surface area contributed by atoms with E-state index in [2.05, 4.69) is 26.1 Å². The number of fused-ring (bicyclic) bond motifs is 1. The Kier molecular flexibility index (Phi) is 8.32. The Morgan fingerprint density at radius 1 is 0.711 bits per heavy atom. The monoisotopic (exact) mass is 580 g/mol. The van der Waals surface area contributed by atoms with Gasteiger partial charge < -0.3 is 28.5 Å². The van der Waals surface area contributed by atoms with Crippen molar-refractivity contribution in [3.8, 4) is 28.7 Å². The van der Waals surface area contributed by atoms with Crippen LogP contribution in [0.1, 0.15) is 21.6 Å². The van der Waals surface area contributed by atoms with E-state index in [1.54, 1.807) is 77.1 Å². The van der Waals surface area contributed by atoms with E-state index in [0.717, 1.165) is 5.39 Å². The highest BCUT2D eigenvalue weighted by atomic mass is 79.9. The Morgan fingerprint density at radius 2 is 1.32 bits per heavy atom. The second-order valence-corrected chi connectivity index (χ2v) is 8.68. The summed E-state index contributed by atoms with van der Waals surface area (Å²) in [5.74, 6) is 2.01. The molecule has 0 spiro atoms. The van der Waals surface area contributed by atoms with Crippen molar-refractivity contribution in [3.63, 3.8) is 0 Å². The molecule has 3 aromatic carbocycles. The van der Waals surface area contributed by atoms with Gasteiger partial charge in [0.15, 0.2) is 23.0 Å². The number of rotatable bonds is 9. The van der Waals surface area contributed by atoms with E-state index in [9.17, 15) is 4.79 Å². The summed E-state index contributed by atoms with van der Waals surface area (Å²) in [5.41, 5.74) is 1.62. The van der Waals surface area contributed by atoms with Crippen LogP contribution in [0.25, 0.3) is 10.8 Å². The molecule has 0 saturated carbocycles. The van der Waals surface area contributed by atoms with E-state index < -0.39 is 5.97 Å². The minimum Gasteiger partial charge on any atom is -0.496 e. The molecule has 9 nitrogen and oxygen atoms in total. The van der Waals surface area contributed by atoms with Crippen molar-refractivity contribution in [1.82, 2.24) is 4.98 Å². The summed E-state index contributed by atoms with van der Waals surface area (Å²) in [4.78, 5) is 23.0. The lowest BCUT2D eigenvalue weighted by molar-refractivity contribution is 0.0517. The molecule has 38 heavy (non-hydrogen) atoms. The van der Waals surface area contributed by atoms with Crippen LogP contribution in [0.4, 0.5) is 0 Å². The molecule has 0 N–H and O–H groups in total. The van der Waals surface area contributed by atoms with Crippen molar-refractivity contribution in [3.05, 3.63) is 82.1 Å². The van der Waals surface area contributed by atoms with Crippen molar-refractivity contribution in [2.24, 2.45) is 5.16 Å². The number of hydrogen-bond acceptors (Lipinski definition) is 9. The van der Waals surface area contributed by atoms with Crippen LogP contribution in [0.15, 0.2) is 70.4 Å². The van der Waals surface area contributed by atoms with Crippen LogP contribution in [0.3, 0.4) is 0 Å². The maximum Gasteiger partial charge on any atom is 0.365 e. The maximum atomic E-state index is 12.9. The largest absolute Gasteiger partial charge is 0.496 e. The van der Waals surface area contributed by atoms with Gasteiger partial charge in [-0.3, -0.25) is 4.98 Å². The number of halogens is 1. The molecule has 0 aliphatic carbocycles. The zero-order valence-corrected chi connectivity index (χ0v) is 23.0. The van der Waals surface area contributed by atoms with Gasteiger partial charge in [0, 0.05) is 17.1 Å². The summed E-state index contributed by atoms with van der Waals surface area (Å²) in [6, 6.07) is 15.6. The topological polar surface area (TPSA) is 97.7 Å². The minimum atomic E-state index is -0.661. The van der Waals surface area contributed by atoms with E-state index in [0.29, 0.717) is 55.6 Å². The fourth-order valence-electron chi connectivity index (χ4n) is 3.84. The van der Waals surface area contributed by atoms with Crippen molar-refractivity contribution < 1.29 is 33.3 Å². The first-order chi connectivity index (χ1) is 18.4. The van der Waals surface area contributed by atoms with Gasteiger partial charge in [-0.05, 0) is 75.9 Å². The van der Waals surface area contributed by atoms with Crippen LogP contribution in [0.2, 0.25) is 0 Å². The predicted octanol–water partition coefficient (Wildman–Crippen LogP) is 5.65. The molecule has 0 amide bonds. The van der Waals surface area contributed by atoms with Crippen molar-refractivity contribution in [2.45, 2.75) is 0 Å². The molecule has 0 unspecified atom stereocenters. The molecule has 4 rings (SSSR count). The summed E-state index contributed by atoms with van der Waals surface area (Å²) in [5, 5.41) is 5.82. The third-order valence-electron chi connectivity index (χ3n) is 5.76. The first-order valence-electron chi connectivity index (χ1n) is 11.3. The Hall–Kier alpha value is -4.31. The number of hydrogen-bond donors (Lipinski definition) is 0. The van der Waals surface area contributed by atoms with Gasteiger partial charge in [0.05, 0.1) is 45.6 Å². The minimum absolute atomic E-state index is 0.283. The van der Waals surface area contributed by atoms with Gasteiger partial charge in [0.1, 0.15) is 17.2 Å². The van der Waals surface area contributed by atoms with Crippen LogP contribution in [0.5, 0.6) is 28.7 Å². The average Bonchev–Trinajstić information content (AvgIpc) is 2.96. The van der Waals surface area contributed by atoms with Gasteiger partial charge in [-0.25, -0.2) is 4.79 Å². The zero-order chi connectivity index (χ0) is 27.2. The molecule has 0 fully saturated rings. The number of carbonyl (C=O) groups excluding carboxylic acids is 1. The highest BCUT2D eigenvalue weighted by molar-refractivity contribution is 9.10. The van der Waals surface area contributed by atoms with E-state index in [-0.39, 0.29) is 5.56 Å². The van der Waals surface area contributed by atoms with Crippen LogP contribution in [0, 0.1) is 0 Å². The zero-order valence-electron chi connectivity index (χ0n) is 21.4. The molecular formula is C28H25BrN2O7. The smallest absolute Gasteiger partial charge is 0.365 e. The number of ether oxygens (including phenoxy) is 5. The van der Waals surface area contributed by atoms with E-state index in [1.165, 1.54) is 7.11 Å². The standard InChI is InChI=1S/C28H25BrN2O7/c1-33-21-8-7-18(12-20(21)29)28(32)38-31-26(17-6-9-22(34-2)23(14-17)35-3)27-19-15-25(37-5)24(36-4)13-16(19)10-11-30-27/h6-15H,1-5H3. The number of carbonyl (C=O) groups is 1. The van der Waals surface area contributed by atoms with E-state index >= 15 is 0 Å². The molecule has 0 atom stereocenters. The van der Waals surface area contributed by atoms with Crippen LogP contribution in [-0.2, 0) is 4.84 Å². The second-order valence-electron chi connectivity index (χ2n) is 7.83. The Bertz CT molecular complexity index is 1520. The Labute approximate surface area is 228 Å². The molecule has 10 heteroatoms. The molecule has 0 aliphatic rings. The van der Waals surface area contributed by atoms with Gasteiger partial charge in [0.25, 0.3) is 0 Å². The van der Waals surface area contributed by atoms with Gasteiger partial charge in [0.2, 0.25) is 0 Å². The third-order valence-corrected chi connectivity index (χ3v) is 6.38. The van der Waals surface area contributed by atoms with Crippen LogP contribution >= 0.6 is 15.9 Å². The summed E-state index contributed by atoms with van der Waals surface area (Å²) >= 11 is 3.38. The highest BCUT2D eigenvalue weighted by Gasteiger charge is 2.20. The normalized spacial score (nSPS) is 11.2. The lowest BCUT2D eigenvalue weighted by Crippen LogP contribution is -2.11. The number of oxime groups is 1. The van der Waals surface area contributed by atoms with E-state index in [1.807, 2.05) is 12.1 Å². The molecule has 1 aromatic heterocycles. The molecule has 196 valence electrons. The predicted molar refractivity (Wildman–Crippen MR) is 146 cm³/mol. The van der Waals surface area contributed by atoms with Gasteiger partial charge >= 0.3 is 5.97 Å². The van der Waals surface area contributed by atoms with Gasteiger partial charge in [-0.15, -0.1) is 0 Å². The molecule has 0 bridgehead atoms. The third kappa shape index (κ3) is 5.35. The first kappa shape index (κ1) is 26.7. The maximum absolute atomic E-state index is 12.9. The number of aromatic nitrogens is 1. The lowest BCUT2D eigenvalue weighted by atomic mass is 10.0. The summed E-state index contributed by atoms with van der Waals surface area (Å²) in [7, 11) is 7.75. The van der Waals surface area contributed by atoms with Gasteiger partial charge in [-0.1, -0.05) is 5.16 Å². The second kappa shape index (κ2) is 11.8. The average molecular weight is 581 g/mol. The Balaban J connectivity index is 1.87. The quantitative estimate of drug-likeness (QED) is 0.142. The number of pyridine rings is 1. The molecule has 0 saturated heterocycles. The number of nitrogens with zero attached hydrogens (tertiary/aromatic N) is 2. The number of benzene rings is 3. The molecular weight excluding hydrogens is 556 g/mol. The summed E-state index contributed by atoms with van der Waals surface area (Å²) in [6.07, 6.45) is 1.64. The summed E-state index contributed by atoms with van der Waals surface area (Å²) in [6.45, 7) is 0. The van der Waals surface area contributed by atoms with Crippen molar-refractivity contribution >= 4 is 38.4 Å². The van der Waals surface area contributed by atoms with Gasteiger partial charge in [-0.2, -0.15) is 0 Å².